The fraction of sp³-hybridized carbons (Fsp3) is 0.533. The summed E-state index contributed by atoms with van der Waals surface area (Å²) in [6.45, 7) is 0. The second kappa shape index (κ2) is 4.07. The summed E-state index contributed by atoms with van der Waals surface area (Å²) < 4.78 is 13.2. The third-order valence-corrected chi connectivity index (χ3v) is 4.76. The van der Waals surface area contributed by atoms with Crippen LogP contribution in [-0.2, 0) is 0 Å². The SMILES string of the molecule is N#CC1(C(O)c2cccc(F)c2)CC2CCC1C2. The van der Waals surface area contributed by atoms with Crippen LogP contribution in [0, 0.1) is 34.4 Å². The maximum atomic E-state index is 13.2. The van der Waals surface area contributed by atoms with Crippen LogP contribution in [0.3, 0.4) is 0 Å². The van der Waals surface area contributed by atoms with Gasteiger partial charge in [-0.1, -0.05) is 18.6 Å². The smallest absolute Gasteiger partial charge is 0.123 e. The van der Waals surface area contributed by atoms with Crippen LogP contribution in [0.1, 0.15) is 37.4 Å². The topological polar surface area (TPSA) is 44.0 Å². The highest BCUT2D eigenvalue weighted by molar-refractivity contribution is 5.26. The molecule has 18 heavy (non-hydrogen) atoms. The zero-order valence-electron chi connectivity index (χ0n) is 10.1. The molecule has 0 spiro atoms. The van der Waals surface area contributed by atoms with E-state index < -0.39 is 11.5 Å². The Labute approximate surface area is 106 Å². The minimum Gasteiger partial charge on any atom is -0.387 e. The van der Waals surface area contributed by atoms with E-state index >= 15 is 0 Å². The largest absolute Gasteiger partial charge is 0.387 e. The molecule has 2 aliphatic rings. The van der Waals surface area contributed by atoms with Crippen LogP contribution >= 0.6 is 0 Å². The van der Waals surface area contributed by atoms with Crippen molar-refractivity contribution in [1.82, 2.24) is 0 Å². The van der Waals surface area contributed by atoms with Crippen LogP contribution in [0.2, 0.25) is 0 Å². The Bertz CT molecular complexity index is 509. The molecule has 0 aliphatic heterocycles. The number of fused-ring (bicyclic) bond motifs is 2. The Morgan fingerprint density at radius 3 is 2.83 bits per heavy atom. The molecule has 94 valence electrons. The molecule has 4 atom stereocenters. The third kappa shape index (κ3) is 1.56. The molecule has 0 radical (unpaired) electrons. The van der Waals surface area contributed by atoms with Gasteiger partial charge < -0.3 is 5.11 Å². The molecule has 1 N–H and O–H groups in total. The number of halogens is 1. The lowest BCUT2D eigenvalue weighted by atomic mass is 9.68. The Morgan fingerprint density at radius 1 is 1.44 bits per heavy atom. The van der Waals surface area contributed by atoms with Gasteiger partial charge in [-0.05, 0) is 48.8 Å². The van der Waals surface area contributed by atoms with E-state index in [4.69, 9.17) is 0 Å². The molecule has 2 bridgehead atoms. The van der Waals surface area contributed by atoms with Crippen molar-refractivity contribution >= 4 is 0 Å². The number of aliphatic hydroxyl groups is 1. The van der Waals surface area contributed by atoms with Gasteiger partial charge in [0.1, 0.15) is 5.82 Å². The highest BCUT2D eigenvalue weighted by atomic mass is 19.1. The predicted molar refractivity (Wildman–Crippen MR) is 64.9 cm³/mol. The van der Waals surface area contributed by atoms with Gasteiger partial charge in [0.15, 0.2) is 0 Å². The summed E-state index contributed by atoms with van der Waals surface area (Å²) in [7, 11) is 0. The van der Waals surface area contributed by atoms with E-state index in [9.17, 15) is 14.8 Å². The molecule has 2 fully saturated rings. The summed E-state index contributed by atoms with van der Waals surface area (Å²) in [6.07, 6.45) is 3.12. The zero-order chi connectivity index (χ0) is 12.8. The van der Waals surface area contributed by atoms with E-state index in [0.29, 0.717) is 11.5 Å². The summed E-state index contributed by atoms with van der Waals surface area (Å²) in [5.41, 5.74) is -0.166. The van der Waals surface area contributed by atoms with Gasteiger partial charge in [0, 0.05) is 0 Å². The first-order valence-electron chi connectivity index (χ1n) is 6.50. The average molecular weight is 245 g/mol. The van der Waals surface area contributed by atoms with Crippen molar-refractivity contribution in [3.05, 3.63) is 35.6 Å². The standard InChI is InChI=1S/C15H16FNO/c16-13-3-1-2-11(7-13)14(18)15(9-17)8-10-4-5-12(15)6-10/h1-3,7,10,12,14,18H,4-6,8H2. The molecular weight excluding hydrogens is 229 g/mol. The number of benzene rings is 1. The number of hydrogen-bond donors (Lipinski definition) is 1. The van der Waals surface area contributed by atoms with Crippen molar-refractivity contribution < 1.29 is 9.50 Å². The highest BCUT2D eigenvalue weighted by Gasteiger charge is 2.55. The number of hydrogen-bond acceptors (Lipinski definition) is 2. The average Bonchev–Trinajstić information content (AvgIpc) is 2.98. The van der Waals surface area contributed by atoms with Crippen LogP contribution in [-0.4, -0.2) is 5.11 Å². The molecule has 0 saturated heterocycles. The monoisotopic (exact) mass is 245 g/mol. The quantitative estimate of drug-likeness (QED) is 0.869. The minimum atomic E-state index is -0.867. The summed E-state index contributed by atoms with van der Waals surface area (Å²) in [5.74, 6) is 0.478. The highest BCUT2D eigenvalue weighted by Crippen LogP contribution is 2.60. The second-order valence-electron chi connectivity index (χ2n) is 5.69. The van der Waals surface area contributed by atoms with Gasteiger partial charge in [0.05, 0.1) is 17.6 Å². The molecule has 2 nitrogen and oxygen atoms in total. The lowest BCUT2D eigenvalue weighted by molar-refractivity contribution is 0.0231. The maximum Gasteiger partial charge on any atom is 0.123 e. The van der Waals surface area contributed by atoms with E-state index in [2.05, 4.69) is 6.07 Å². The first-order valence-corrected chi connectivity index (χ1v) is 6.50. The van der Waals surface area contributed by atoms with Crippen molar-refractivity contribution in [2.45, 2.75) is 31.8 Å². The summed E-state index contributed by atoms with van der Waals surface area (Å²) in [5, 5.41) is 20.1. The van der Waals surface area contributed by atoms with Crippen molar-refractivity contribution in [3.8, 4) is 6.07 Å². The molecule has 1 aromatic rings. The van der Waals surface area contributed by atoms with Crippen LogP contribution in [0.15, 0.2) is 24.3 Å². The Balaban J connectivity index is 1.96. The first-order chi connectivity index (χ1) is 8.65. The van der Waals surface area contributed by atoms with E-state index in [1.807, 2.05) is 0 Å². The molecule has 0 aromatic heterocycles. The van der Waals surface area contributed by atoms with Gasteiger partial charge in [-0.25, -0.2) is 4.39 Å². The van der Waals surface area contributed by atoms with Crippen molar-refractivity contribution in [2.24, 2.45) is 17.3 Å². The van der Waals surface area contributed by atoms with Crippen molar-refractivity contribution in [1.29, 1.82) is 5.26 Å². The van der Waals surface area contributed by atoms with Gasteiger partial charge in [0.25, 0.3) is 0 Å². The zero-order valence-corrected chi connectivity index (χ0v) is 10.1. The number of nitriles is 1. The van der Waals surface area contributed by atoms with Gasteiger partial charge in [-0.3, -0.25) is 0 Å². The van der Waals surface area contributed by atoms with E-state index in [1.165, 1.54) is 18.6 Å². The Morgan fingerprint density at radius 2 is 2.28 bits per heavy atom. The lowest BCUT2D eigenvalue weighted by Gasteiger charge is -2.35. The molecule has 3 heteroatoms. The van der Waals surface area contributed by atoms with Crippen LogP contribution in [0.5, 0.6) is 0 Å². The predicted octanol–water partition coefficient (Wildman–Crippen LogP) is 3.19. The maximum absolute atomic E-state index is 13.2. The van der Waals surface area contributed by atoms with Gasteiger partial charge in [0.2, 0.25) is 0 Å². The number of rotatable bonds is 2. The Hall–Kier alpha value is -1.40. The van der Waals surface area contributed by atoms with E-state index in [1.54, 1.807) is 12.1 Å². The van der Waals surface area contributed by atoms with Crippen LogP contribution < -0.4 is 0 Å². The fourth-order valence-electron chi connectivity index (χ4n) is 3.88. The normalized spacial score (nSPS) is 35.4. The summed E-state index contributed by atoms with van der Waals surface area (Å²) >= 11 is 0. The Kier molecular flexibility index (Phi) is 2.64. The molecule has 3 rings (SSSR count). The van der Waals surface area contributed by atoms with Gasteiger partial charge in [-0.2, -0.15) is 5.26 Å². The van der Waals surface area contributed by atoms with Gasteiger partial charge >= 0.3 is 0 Å². The summed E-state index contributed by atoms with van der Waals surface area (Å²) in [6, 6.07) is 8.35. The molecule has 2 aliphatic carbocycles. The minimum absolute atomic E-state index is 0.269. The fourth-order valence-corrected chi connectivity index (χ4v) is 3.88. The molecule has 0 amide bonds. The molecule has 1 aromatic carbocycles. The van der Waals surface area contributed by atoms with Crippen molar-refractivity contribution in [3.63, 3.8) is 0 Å². The third-order valence-electron chi connectivity index (χ3n) is 4.76. The van der Waals surface area contributed by atoms with Gasteiger partial charge in [-0.15, -0.1) is 0 Å². The van der Waals surface area contributed by atoms with E-state index in [0.717, 1.165) is 19.3 Å². The first kappa shape index (κ1) is 11.7. The molecule has 0 heterocycles. The van der Waals surface area contributed by atoms with E-state index in [-0.39, 0.29) is 11.7 Å². The second-order valence-corrected chi connectivity index (χ2v) is 5.69. The van der Waals surface area contributed by atoms with Crippen molar-refractivity contribution in [2.75, 3.05) is 0 Å². The molecular formula is C15H16FNO. The number of aliphatic hydroxyl groups excluding tert-OH is 1. The number of nitrogens with zero attached hydrogens (tertiary/aromatic N) is 1. The summed E-state index contributed by atoms with van der Waals surface area (Å²) in [4.78, 5) is 0. The molecule has 2 saturated carbocycles. The lowest BCUT2D eigenvalue weighted by Crippen LogP contribution is -2.33. The van der Waals surface area contributed by atoms with Crippen LogP contribution in [0.25, 0.3) is 0 Å². The molecule has 4 unspecified atom stereocenters. The van der Waals surface area contributed by atoms with Crippen LogP contribution in [0.4, 0.5) is 4.39 Å².